The quantitative estimate of drug-likeness (QED) is 0.369. The maximum absolute atomic E-state index is 11.8. The van der Waals surface area contributed by atoms with Crippen LogP contribution in [0.15, 0.2) is 66.9 Å². The monoisotopic (exact) mass is 299 g/mol. The summed E-state index contributed by atoms with van der Waals surface area (Å²) in [6.07, 6.45) is 0. The maximum atomic E-state index is 11.8. The number of benzene rings is 2. The third-order valence-electron chi connectivity index (χ3n) is 2.78. The maximum Gasteiger partial charge on any atom is 0.361 e. The zero-order valence-electron chi connectivity index (χ0n) is 12.2. The van der Waals surface area contributed by atoms with Gasteiger partial charge >= 0.3 is 5.97 Å². The van der Waals surface area contributed by atoms with Crippen LogP contribution in [0, 0.1) is 0 Å². The van der Waals surface area contributed by atoms with Crippen LogP contribution in [-0.2, 0) is 16.2 Å². The Balaban J connectivity index is 2.03. The van der Waals surface area contributed by atoms with E-state index in [1.807, 2.05) is 42.5 Å². The SMILES string of the molecule is C=C(NOC)C(=O)Oc1ccccc1COc1ccccc1. The van der Waals surface area contributed by atoms with Crippen molar-refractivity contribution in [3.05, 3.63) is 72.4 Å². The highest BCUT2D eigenvalue weighted by Crippen LogP contribution is 2.21. The molecular weight excluding hydrogens is 282 g/mol. The fraction of sp³-hybridized carbons (Fsp3) is 0.118. The summed E-state index contributed by atoms with van der Waals surface area (Å²) in [5, 5.41) is 0. The van der Waals surface area contributed by atoms with Gasteiger partial charge in [-0.05, 0) is 18.2 Å². The van der Waals surface area contributed by atoms with Crippen molar-refractivity contribution >= 4 is 5.97 Å². The number of carbonyl (C=O) groups excluding carboxylic acids is 1. The van der Waals surface area contributed by atoms with Gasteiger partial charge in [0, 0.05) is 5.56 Å². The normalized spacial score (nSPS) is 9.86. The van der Waals surface area contributed by atoms with Crippen LogP contribution in [0.3, 0.4) is 0 Å². The number of hydrogen-bond donors (Lipinski definition) is 1. The van der Waals surface area contributed by atoms with Gasteiger partial charge in [-0.3, -0.25) is 10.3 Å². The van der Waals surface area contributed by atoms with Gasteiger partial charge in [-0.15, -0.1) is 0 Å². The van der Waals surface area contributed by atoms with Crippen LogP contribution in [0.4, 0.5) is 0 Å². The highest BCUT2D eigenvalue weighted by molar-refractivity contribution is 5.88. The van der Waals surface area contributed by atoms with E-state index in [2.05, 4.69) is 16.9 Å². The molecule has 2 aromatic carbocycles. The molecule has 2 rings (SSSR count). The number of rotatable bonds is 7. The van der Waals surface area contributed by atoms with Crippen LogP contribution < -0.4 is 15.0 Å². The molecule has 0 atom stereocenters. The molecule has 0 fully saturated rings. The lowest BCUT2D eigenvalue weighted by molar-refractivity contribution is -0.131. The first-order valence-electron chi connectivity index (χ1n) is 6.66. The van der Waals surface area contributed by atoms with E-state index < -0.39 is 5.97 Å². The molecule has 0 unspecified atom stereocenters. The van der Waals surface area contributed by atoms with E-state index in [1.54, 1.807) is 12.1 Å². The molecule has 0 aromatic heterocycles. The Hall–Kier alpha value is -2.79. The standard InChI is InChI=1S/C17H17NO4/c1-13(18-20-2)17(19)22-16-11-7-6-8-14(16)12-21-15-9-4-3-5-10-15/h3-11,18H,1,12H2,2H3. The molecule has 0 aliphatic carbocycles. The van der Waals surface area contributed by atoms with Gasteiger partial charge in [0.1, 0.15) is 23.8 Å². The molecule has 5 nitrogen and oxygen atoms in total. The van der Waals surface area contributed by atoms with E-state index in [0.29, 0.717) is 5.75 Å². The van der Waals surface area contributed by atoms with E-state index in [1.165, 1.54) is 7.11 Å². The minimum Gasteiger partial charge on any atom is -0.489 e. The molecule has 0 spiro atoms. The average Bonchev–Trinajstić information content (AvgIpc) is 2.55. The molecular formula is C17H17NO4. The van der Waals surface area contributed by atoms with E-state index in [-0.39, 0.29) is 12.3 Å². The minimum atomic E-state index is -0.617. The summed E-state index contributed by atoms with van der Waals surface area (Å²) in [7, 11) is 1.39. The van der Waals surface area contributed by atoms with Crippen molar-refractivity contribution in [3.8, 4) is 11.5 Å². The van der Waals surface area contributed by atoms with Crippen molar-refractivity contribution in [3.63, 3.8) is 0 Å². The van der Waals surface area contributed by atoms with Crippen molar-refractivity contribution in [2.45, 2.75) is 6.61 Å². The van der Waals surface area contributed by atoms with Crippen LogP contribution in [0.25, 0.3) is 0 Å². The second-order valence-corrected chi connectivity index (χ2v) is 4.38. The summed E-state index contributed by atoms with van der Waals surface area (Å²) in [6.45, 7) is 3.81. The smallest absolute Gasteiger partial charge is 0.361 e. The van der Waals surface area contributed by atoms with Crippen molar-refractivity contribution in [2.24, 2.45) is 0 Å². The summed E-state index contributed by atoms with van der Waals surface area (Å²) in [5.41, 5.74) is 3.11. The Morgan fingerprint density at radius 2 is 1.77 bits per heavy atom. The first-order valence-corrected chi connectivity index (χ1v) is 6.66. The number of ether oxygens (including phenoxy) is 2. The summed E-state index contributed by atoms with van der Waals surface area (Å²) >= 11 is 0. The van der Waals surface area contributed by atoms with Crippen LogP contribution in [0.1, 0.15) is 5.56 Å². The van der Waals surface area contributed by atoms with Crippen LogP contribution in [0.5, 0.6) is 11.5 Å². The van der Waals surface area contributed by atoms with Gasteiger partial charge in [0.05, 0.1) is 7.11 Å². The molecule has 0 amide bonds. The zero-order chi connectivity index (χ0) is 15.8. The van der Waals surface area contributed by atoms with E-state index in [0.717, 1.165) is 11.3 Å². The fourth-order valence-electron chi connectivity index (χ4n) is 1.73. The molecule has 0 heterocycles. The Labute approximate surface area is 129 Å². The molecule has 22 heavy (non-hydrogen) atoms. The second kappa shape index (κ2) is 7.85. The first kappa shape index (κ1) is 15.6. The molecule has 0 aliphatic heterocycles. The van der Waals surface area contributed by atoms with Crippen LogP contribution in [0.2, 0.25) is 0 Å². The van der Waals surface area contributed by atoms with Gasteiger partial charge in [0.25, 0.3) is 0 Å². The van der Waals surface area contributed by atoms with E-state index in [4.69, 9.17) is 9.47 Å². The number of hydroxylamine groups is 1. The van der Waals surface area contributed by atoms with Gasteiger partial charge in [0.2, 0.25) is 0 Å². The number of carbonyl (C=O) groups is 1. The Bertz CT molecular complexity index is 640. The van der Waals surface area contributed by atoms with Crippen molar-refractivity contribution in [1.82, 2.24) is 5.48 Å². The third kappa shape index (κ3) is 4.36. The molecule has 2 aromatic rings. The molecule has 0 saturated carbocycles. The highest BCUT2D eigenvalue weighted by Gasteiger charge is 2.12. The second-order valence-electron chi connectivity index (χ2n) is 4.38. The lowest BCUT2D eigenvalue weighted by atomic mass is 10.2. The van der Waals surface area contributed by atoms with E-state index >= 15 is 0 Å². The van der Waals surface area contributed by atoms with Gasteiger partial charge < -0.3 is 9.47 Å². The summed E-state index contributed by atoms with van der Waals surface area (Å²) in [5.74, 6) is 0.547. The van der Waals surface area contributed by atoms with Gasteiger partial charge in [-0.2, -0.15) is 0 Å². The molecule has 5 heteroatoms. The number of hydrogen-bond acceptors (Lipinski definition) is 5. The summed E-state index contributed by atoms with van der Waals surface area (Å²) < 4.78 is 11.0. The third-order valence-corrected chi connectivity index (χ3v) is 2.78. The summed E-state index contributed by atoms with van der Waals surface area (Å²) in [4.78, 5) is 16.4. The summed E-state index contributed by atoms with van der Waals surface area (Å²) in [6, 6.07) is 16.6. The van der Waals surface area contributed by atoms with Crippen molar-refractivity contribution < 1.29 is 19.1 Å². The van der Waals surface area contributed by atoms with Crippen LogP contribution >= 0.6 is 0 Å². The van der Waals surface area contributed by atoms with Crippen molar-refractivity contribution in [1.29, 1.82) is 0 Å². The topological polar surface area (TPSA) is 56.8 Å². The Kier molecular flexibility index (Phi) is 5.57. The first-order chi connectivity index (χ1) is 10.7. The predicted octanol–water partition coefficient (Wildman–Crippen LogP) is 2.84. The average molecular weight is 299 g/mol. The van der Waals surface area contributed by atoms with Crippen molar-refractivity contribution in [2.75, 3.05) is 7.11 Å². The fourth-order valence-corrected chi connectivity index (χ4v) is 1.73. The van der Waals surface area contributed by atoms with Gasteiger partial charge in [-0.1, -0.05) is 43.0 Å². The minimum absolute atomic E-state index is 0.0151. The molecule has 0 radical (unpaired) electrons. The Morgan fingerprint density at radius 3 is 2.50 bits per heavy atom. The number of para-hydroxylation sites is 2. The van der Waals surface area contributed by atoms with Crippen LogP contribution in [-0.4, -0.2) is 13.1 Å². The molecule has 0 aliphatic rings. The number of nitrogens with one attached hydrogen (secondary N) is 1. The lowest BCUT2D eigenvalue weighted by Crippen LogP contribution is -2.22. The largest absolute Gasteiger partial charge is 0.489 e. The zero-order valence-corrected chi connectivity index (χ0v) is 12.2. The molecule has 114 valence electrons. The molecule has 0 saturated heterocycles. The van der Waals surface area contributed by atoms with Gasteiger partial charge in [-0.25, -0.2) is 4.79 Å². The van der Waals surface area contributed by atoms with E-state index in [9.17, 15) is 4.79 Å². The number of esters is 1. The lowest BCUT2D eigenvalue weighted by Gasteiger charge is -2.12. The molecule has 1 N–H and O–H groups in total. The predicted molar refractivity (Wildman–Crippen MR) is 82.1 cm³/mol. The van der Waals surface area contributed by atoms with Gasteiger partial charge in [0.15, 0.2) is 0 Å². The Morgan fingerprint density at radius 1 is 1.09 bits per heavy atom. The highest BCUT2D eigenvalue weighted by atomic mass is 16.6. The molecule has 0 bridgehead atoms.